The van der Waals surface area contributed by atoms with Gasteiger partial charge in [0.05, 0.1) is 29.1 Å². The van der Waals surface area contributed by atoms with Crippen molar-refractivity contribution in [1.82, 2.24) is 19.7 Å². The molecule has 138 valence electrons. The maximum Gasteiger partial charge on any atom is 0.227 e. The van der Waals surface area contributed by atoms with Crippen LogP contribution in [0.3, 0.4) is 0 Å². The Bertz CT molecular complexity index is 969. The molecule has 7 nitrogen and oxygen atoms in total. The standard InChI is InChI=1S/C20H22N6O/c1-14-9-22-19(24-16-10-23-26(4)11-16)25-18(14)15-5-7-17(8-6-15)27-13-20(2,3)12-21/h5-11H,13H2,1-4H3,(H,22,24,25). The third-order valence-corrected chi connectivity index (χ3v) is 3.96. The molecule has 7 heteroatoms. The molecule has 1 N–H and O–H groups in total. The number of hydrogen-bond donors (Lipinski definition) is 1. The van der Waals surface area contributed by atoms with Gasteiger partial charge >= 0.3 is 0 Å². The molecule has 0 saturated carbocycles. The molecule has 0 radical (unpaired) electrons. The Labute approximate surface area is 158 Å². The molecule has 0 aliphatic rings. The van der Waals surface area contributed by atoms with Gasteiger partial charge in [-0.25, -0.2) is 9.97 Å². The van der Waals surface area contributed by atoms with Crippen LogP contribution in [0.4, 0.5) is 11.6 Å². The number of nitriles is 1. The van der Waals surface area contributed by atoms with Crippen molar-refractivity contribution < 1.29 is 4.74 Å². The summed E-state index contributed by atoms with van der Waals surface area (Å²) in [6.07, 6.45) is 5.37. The summed E-state index contributed by atoms with van der Waals surface area (Å²) in [6, 6.07) is 9.92. The largest absolute Gasteiger partial charge is 0.492 e. The Kier molecular flexibility index (Phi) is 5.08. The first-order chi connectivity index (χ1) is 12.9. The van der Waals surface area contributed by atoms with Crippen LogP contribution in [0.15, 0.2) is 42.9 Å². The Morgan fingerprint density at radius 3 is 2.59 bits per heavy atom. The molecule has 0 unspecified atom stereocenters. The Hall–Kier alpha value is -3.40. The highest BCUT2D eigenvalue weighted by Crippen LogP contribution is 2.26. The number of aryl methyl sites for hydroxylation is 2. The Morgan fingerprint density at radius 2 is 1.96 bits per heavy atom. The maximum atomic E-state index is 9.07. The second kappa shape index (κ2) is 7.46. The van der Waals surface area contributed by atoms with Crippen molar-refractivity contribution in [3.05, 3.63) is 48.4 Å². The van der Waals surface area contributed by atoms with E-state index >= 15 is 0 Å². The van der Waals surface area contributed by atoms with Crippen molar-refractivity contribution in [3.8, 4) is 23.1 Å². The van der Waals surface area contributed by atoms with E-state index in [0.717, 1.165) is 28.3 Å². The fraction of sp³-hybridized carbons (Fsp3) is 0.300. The lowest BCUT2D eigenvalue weighted by Crippen LogP contribution is -2.18. The van der Waals surface area contributed by atoms with Crippen LogP contribution in [0.25, 0.3) is 11.3 Å². The first-order valence-electron chi connectivity index (χ1n) is 8.60. The zero-order valence-corrected chi connectivity index (χ0v) is 15.9. The summed E-state index contributed by atoms with van der Waals surface area (Å²) >= 11 is 0. The molecule has 3 aromatic rings. The molecule has 1 aromatic carbocycles. The van der Waals surface area contributed by atoms with Crippen molar-refractivity contribution in [2.24, 2.45) is 12.5 Å². The van der Waals surface area contributed by atoms with Crippen molar-refractivity contribution >= 4 is 11.6 Å². The van der Waals surface area contributed by atoms with Crippen LogP contribution in [0.1, 0.15) is 19.4 Å². The van der Waals surface area contributed by atoms with Crippen molar-refractivity contribution in [2.75, 3.05) is 11.9 Å². The highest BCUT2D eigenvalue weighted by atomic mass is 16.5. The smallest absolute Gasteiger partial charge is 0.227 e. The fourth-order valence-corrected chi connectivity index (χ4v) is 2.41. The number of aromatic nitrogens is 4. The average Bonchev–Trinajstić information content (AvgIpc) is 3.07. The Morgan fingerprint density at radius 1 is 1.22 bits per heavy atom. The van der Waals surface area contributed by atoms with Gasteiger partial charge in [-0.2, -0.15) is 10.4 Å². The van der Waals surface area contributed by atoms with Crippen molar-refractivity contribution in [2.45, 2.75) is 20.8 Å². The molecule has 3 rings (SSSR count). The van der Waals surface area contributed by atoms with E-state index in [1.54, 1.807) is 17.1 Å². The lowest BCUT2D eigenvalue weighted by atomic mass is 9.98. The van der Waals surface area contributed by atoms with E-state index in [9.17, 15) is 0 Å². The highest BCUT2D eigenvalue weighted by Gasteiger charge is 2.17. The van der Waals surface area contributed by atoms with Crippen molar-refractivity contribution in [1.29, 1.82) is 5.26 Å². The zero-order valence-electron chi connectivity index (χ0n) is 15.9. The fourth-order valence-electron chi connectivity index (χ4n) is 2.41. The first-order valence-corrected chi connectivity index (χ1v) is 8.60. The number of rotatable bonds is 6. The normalized spacial score (nSPS) is 11.1. The molecule has 0 atom stereocenters. The highest BCUT2D eigenvalue weighted by molar-refractivity contribution is 5.65. The van der Waals surface area contributed by atoms with Crippen LogP contribution in [0, 0.1) is 23.7 Å². The molecule has 0 saturated heterocycles. The maximum absolute atomic E-state index is 9.07. The SMILES string of the molecule is Cc1cnc(Nc2cnn(C)c2)nc1-c1ccc(OCC(C)(C)C#N)cc1. The summed E-state index contributed by atoms with van der Waals surface area (Å²) in [5.41, 5.74) is 3.10. The minimum Gasteiger partial charge on any atom is -0.492 e. The minimum absolute atomic E-state index is 0.342. The zero-order chi connectivity index (χ0) is 19.4. The van der Waals surface area contributed by atoms with E-state index in [1.165, 1.54) is 0 Å². The predicted octanol–water partition coefficient (Wildman–Crippen LogP) is 3.86. The molecule has 0 bridgehead atoms. The van der Waals surface area contributed by atoms with E-state index < -0.39 is 5.41 Å². The molecule has 0 spiro atoms. The quantitative estimate of drug-likeness (QED) is 0.716. The molecule has 0 fully saturated rings. The number of nitrogens with zero attached hydrogens (tertiary/aromatic N) is 5. The van der Waals surface area contributed by atoms with Gasteiger partial charge in [-0.15, -0.1) is 0 Å². The number of ether oxygens (including phenoxy) is 1. The lowest BCUT2D eigenvalue weighted by Gasteiger charge is -2.16. The summed E-state index contributed by atoms with van der Waals surface area (Å²) in [4.78, 5) is 8.97. The molecular formula is C20H22N6O. The molecule has 0 aliphatic heterocycles. The van der Waals surface area contributed by atoms with Crippen LogP contribution in [0.2, 0.25) is 0 Å². The number of nitrogens with one attached hydrogen (secondary N) is 1. The average molecular weight is 362 g/mol. The predicted molar refractivity (Wildman–Crippen MR) is 104 cm³/mol. The molecular weight excluding hydrogens is 340 g/mol. The number of hydrogen-bond acceptors (Lipinski definition) is 6. The van der Waals surface area contributed by atoms with Gasteiger partial charge in [-0.3, -0.25) is 4.68 Å². The first kappa shape index (κ1) is 18.4. The third-order valence-electron chi connectivity index (χ3n) is 3.96. The van der Waals surface area contributed by atoms with E-state index in [1.807, 2.05) is 58.3 Å². The van der Waals surface area contributed by atoms with E-state index in [-0.39, 0.29) is 0 Å². The molecule has 0 amide bonds. The van der Waals surface area contributed by atoms with Crippen LogP contribution < -0.4 is 10.1 Å². The number of benzene rings is 1. The second-order valence-corrected chi connectivity index (χ2v) is 7.06. The summed E-state index contributed by atoms with van der Waals surface area (Å²) in [6.45, 7) is 6.02. The topological polar surface area (TPSA) is 88.7 Å². The monoisotopic (exact) mass is 362 g/mol. The minimum atomic E-state index is -0.519. The van der Waals surface area contributed by atoms with Crippen LogP contribution in [0.5, 0.6) is 5.75 Å². The van der Waals surface area contributed by atoms with Crippen LogP contribution in [-0.4, -0.2) is 26.4 Å². The number of anilines is 2. The van der Waals surface area contributed by atoms with Gasteiger partial charge in [0.1, 0.15) is 12.4 Å². The van der Waals surface area contributed by atoms with Crippen molar-refractivity contribution in [3.63, 3.8) is 0 Å². The van der Waals surface area contributed by atoms with Gasteiger partial charge in [0.25, 0.3) is 0 Å². The van der Waals surface area contributed by atoms with Crippen LogP contribution in [-0.2, 0) is 7.05 Å². The van der Waals surface area contributed by atoms with Gasteiger partial charge in [-0.1, -0.05) is 0 Å². The Balaban J connectivity index is 1.77. The summed E-state index contributed by atoms with van der Waals surface area (Å²) < 4.78 is 7.42. The van der Waals surface area contributed by atoms with Gasteiger partial charge in [-0.05, 0) is 50.6 Å². The molecule has 0 aliphatic carbocycles. The summed E-state index contributed by atoms with van der Waals surface area (Å²) in [5, 5.41) is 16.4. The van der Waals surface area contributed by atoms with Gasteiger partial charge in [0, 0.05) is 25.0 Å². The third kappa shape index (κ3) is 4.61. The molecule has 2 aromatic heterocycles. The second-order valence-electron chi connectivity index (χ2n) is 7.06. The van der Waals surface area contributed by atoms with Gasteiger partial charge < -0.3 is 10.1 Å². The lowest BCUT2D eigenvalue weighted by molar-refractivity contribution is 0.227. The summed E-state index contributed by atoms with van der Waals surface area (Å²) in [7, 11) is 1.86. The van der Waals surface area contributed by atoms with E-state index in [2.05, 4.69) is 26.5 Å². The summed E-state index contributed by atoms with van der Waals surface area (Å²) in [5.74, 6) is 1.24. The van der Waals surface area contributed by atoms with E-state index in [4.69, 9.17) is 10.00 Å². The molecule has 27 heavy (non-hydrogen) atoms. The van der Waals surface area contributed by atoms with Gasteiger partial charge in [0.2, 0.25) is 5.95 Å². The molecule has 2 heterocycles. The van der Waals surface area contributed by atoms with Crippen LogP contribution >= 0.6 is 0 Å². The van der Waals surface area contributed by atoms with Gasteiger partial charge in [0.15, 0.2) is 0 Å². The van der Waals surface area contributed by atoms with E-state index in [0.29, 0.717) is 12.6 Å².